The van der Waals surface area contributed by atoms with E-state index in [-0.39, 0.29) is 5.41 Å². The van der Waals surface area contributed by atoms with Gasteiger partial charge >= 0.3 is 0 Å². The van der Waals surface area contributed by atoms with E-state index in [9.17, 15) is 5.11 Å². The molecule has 27 heavy (non-hydrogen) atoms. The van der Waals surface area contributed by atoms with E-state index in [2.05, 4.69) is 49.9 Å². The molecule has 1 aromatic carbocycles. The summed E-state index contributed by atoms with van der Waals surface area (Å²) in [7, 11) is 4.48. The highest BCUT2D eigenvalue weighted by Gasteiger charge is 2.67. The number of fused-ring (bicyclic) bond motifs is 1. The van der Waals surface area contributed by atoms with Gasteiger partial charge in [0, 0.05) is 24.0 Å². The van der Waals surface area contributed by atoms with Crippen molar-refractivity contribution in [2.24, 2.45) is 17.3 Å². The largest absolute Gasteiger partial charge is 0.508 e. The van der Waals surface area contributed by atoms with E-state index in [1.165, 1.54) is 62.7 Å². The van der Waals surface area contributed by atoms with Gasteiger partial charge in [-0.25, -0.2) is 0 Å². The number of rotatable bonds is 4. The van der Waals surface area contributed by atoms with Crippen LogP contribution in [0.3, 0.4) is 0 Å². The molecule has 0 spiro atoms. The molecule has 4 aliphatic rings. The van der Waals surface area contributed by atoms with E-state index >= 15 is 0 Å². The van der Waals surface area contributed by atoms with Crippen molar-refractivity contribution < 1.29 is 5.11 Å². The monoisotopic (exact) mass is 368 g/mol. The maximum absolute atomic E-state index is 10.4. The van der Waals surface area contributed by atoms with E-state index in [0.29, 0.717) is 29.2 Å². The number of benzene rings is 1. The van der Waals surface area contributed by atoms with Crippen molar-refractivity contribution in [3.63, 3.8) is 0 Å². The zero-order valence-corrected chi connectivity index (χ0v) is 17.5. The van der Waals surface area contributed by atoms with Gasteiger partial charge < -0.3 is 10.0 Å². The van der Waals surface area contributed by atoms with Gasteiger partial charge in [0.05, 0.1) is 0 Å². The normalized spacial score (nSPS) is 39.3. The van der Waals surface area contributed by atoms with Crippen molar-refractivity contribution >= 4 is 0 Å². The molecule has 1 N–H and O–H groups in total. The summed E-state index contributed by atoms with van der Waals surface area (Å²) in [5.41, 5.74) is 3.54. The van der Waals surface area contributed by atoms with Gasteiger partial charge in [-0.15, -0.1) is 0 Å². The lowest BCUT2D eigenvalue weighted by atomic mass is 9.48. The molecule has 0 radical (unpaired) electrons. The lowest BCUT2D eigenvalue weighted by Crippen LogP contribution is -2.66. The molecule has 3 aliphatic carbocycles. The quantitative estimate of drug-likeness (QED) is 0.869. The average Bonchev–Trinajstić information content (AvgIpc) is 3.37. The van der Waals surface area contributed by atoms with Crippen LogP contribution in [0.1, 0.15) is 57.1 Å². The summed E-state index contributed by atoms with van der Waals surface area (Å²) in [6.07, 6.45) is 7.96. The molecule has 0 amide bonds. The fourth-order valence-electron chi connectivity index (χ4n) is 7.39. The average molecular weight is 369 g/mol. The van der Waals surface area contributed by atoms with Crippen LogP contribution in [-0.4, -0.2) is 54.2 Å². The van der Waals surface area contributed by atoms with Gasteiger partial charge in [0.25, 0.3) is 0 Å². The molecule has 2 saturated carbocycles. The topological polar surface area (TPSA) is 26.7 Å². The molecule has 5 atom stereocenters. The third-order valence-corrected chi connectivity index (χ3v) is 9.17. The third-order valence-electron chi connectivity index (χ3n) is 9.17. The van der Waals surface area contributed by atoms with Crippen LogP contribution in [0.5, 0.6) is 5.75 Å². The molecular formula is C24H36N2O. The van der Waals surface area contributed by atoms with Crippen LogP contribution in [0.15, 0.2) is 18.2 Å². The molecule has 3 heteroatoms. The number of piperidine rings is 1. The minimum absolute atomic E-state index is 0.216. The Kier molecular flexibility index (Phi) is 3.98. The Balaban J connectivity index is 1.65. The van der Waals surface area contributed by atoms with E-state index in [1.54, 1.807) is 0 Å². The number of likely N-dealkylation sites (tertiary alicyclic amines) is 1. The van der Waals surface area contributed by atoms with Crippen molar-refractivity contribution in [3.05, 3.63) is 29.3 Å². The standard InChI is InChI=1S/C24H36N2O/c1-16(25(3)4)20-9-10-23(2)22-13-18-7-8-19(27)14-21(18)24(20,23)11-12-26(22)15-17-5-6-17/h7-8,14,16-17,20,22,27H,5-6,9-13,15H2,1-4H3. The number of nitrogens with zero attached hydrogens (tertiary/aromatic N) is 2. The van der Waals surface area contributed by atoms with E-state index in [0.717, 1.165) is 5.92 Å². The summed E-state index contributed by atoms with van der Waals surface area (Å²) in [5, 5.41) is 10.4. The summed E-state index contributed by atoms with van der Waals surface area (Å²) in [4.78, 5) is 5.29. The van der Waals surface area contributed by atoms with Crippen LogP contribution in [0.2, 0.25) is 0 Å². The molecule has 3 fully saturated rings. The molecule has 1 aliphatic heterocycles. The van der Waals surface area contributed by atoms with Crippen molar-refractivity contribution in [1.29, 1.82) is 0 Å². The zero-order chi connectivity index (χ0) is 19.0. The van der Waals surface area contributed by atoms with Crippen LogP contribution in [0.25, 0.3) is 0 Å². The fourth-order valence-corrected chi connectivity index (χ4v) is 7.39. The zero-order valence-electron chi connectivity index (χ0n) is 17.5. The molecule has 3 nitrogen and oxygen atoms in total. The first kappa shape index (κ1) is 18.0. The van der Waals surface area contributed by atoms with E-state index in [1.807, 2.05) is 6.07 Å². The van der Waals surface area contributed by atoms with E-state index < -0.39 is 0 Å². The van der Waals surface area contributed by atoms with Gasteiger partial charge in [0.2, 0.25) is 0 Å². The van der Waals surface area contributed by atoms with Gasteiger partial charge in [-0.3, -0.25) is 4.90 Å². The predicted octanol–water partition coefficient (Wildman–Crippen LogP) is 4.04. The second kappa shape index (κ2) is 5.97. The van der Waals surface area contributed by atoms with Crippen molar-refractivity contribution in [1.82, 2.24) is 9.80 Å². The van der Waals surface area contributed by atoms with Crippen LogP contribution in [-0.2, 0) is 11.8 Å². The summed E-state index contributed by atoms with van der Waals surface area (Å²) >= 11 is 0. The molecule has 148 valence electrons. The Hall–Kier alpha value is -1.06. The second-order valence-electron chi connectivity index (χ2n) is 10.5. The number of hydrogen-bond acceptors (Lipinski definition) is 3. The maximum Gasteiger partial charge on any atom is 0.115 e. The Morgan fingerprint density at radius 1 is 1.22 bits per heavy atom. The Morgan fingerprint density at radius 2 is 2.00 bits per heavy atom. The molecule has 1 heterocycles. The number of phenols is 1. The molecule has 0 aromatic heterocycles. The van der Waals surface area contributed by atoms with Crippen molar-refractivity contribution in [3.8, 4) is 5.75 Å². The van der Waals surface area contributed by atoms with Gasteiger partial charge in [0.1, 0.15) is 5.75 Å². The highest BCUT2D eigenvalue weighted by atomic mass is 16.3. The van der Waals surface area contributed by atoms with Crippen molar-refractivity contribution in [2.75, 3.05) is 27.2 Å². The van der Waals surface area contributed by atoms with Crippen LogP contribution >= 0.6 is 0 Å². The summed E-state index contributed by atoms with van der Waals surface area (Å²) in [6, 6.07) is 7.52. The Bertz CT molecular complexity index is 742. The first-order valence-corrected chi connectivity index (χ1v) is 11.1. The van der Waals surface area contributed by atoms with Crippen LogP contribution in [0.4, 0.5) is 0 Å². The summed E-state index contributed by atoms with van der Waals surface area (Å²) in [5.74, 6) is 2.08. The molecular weight excluding hydrogens is 332 g/mol. The second-order valence-corrected chi connectivity index (χ2v) is 10.5. The van der Waals surface area contributed by atoms with Crippen LogP contribution in [0, 0.1) is 17.3 Å². The molecule has 5 unspecified atom stereocenters. The fraction of sp³-hybridized carbons (Fsp3) is 0.750. The minimum Gasteiger partial charge on any atom is -0.508 e. The minimum atomic E-state index is 0.216. The molecule has 5 rings (SSSR count). The third kappa shape index (κ3) is 2.40. The number of hydrogen-bond donors (Lipinski definition) is 1. The van der Waals surface area contributed by atoms with Gasteiger partial charge in [-0.1, -0.05) is 13.0 Å². The molecule has 1 aromatic rings. The Morgan fingerprint density at radius 3 is 2.70 bits per heavy atom. The summed E-state index contributed by atoms with van der Waals surface area (Å²) < 4.78 is 0. The first-order chi connectivity index (χ1) is 12.9. The maximum atomic E-state index is 10.4. The number of phenolic OH excluding ortho intramolecular Hbond substituents is 1. The van der Waals surface area contributed by atoms with Gasteiger partial charge in [0.15, 0.2) is 0 Å². The molecule has 2 bridgehead atoms. The predicted molar refractivity (Wildman–Crippen MR) is 110 cm³/mol. The number of aromatic hydroxyl groups is 1. The first-order valence-electron chi connectivity index (χ1n) is 11.1. The van der Waals surface area contributed by atoms with Gasteiger partial charge in [-0.05, 0) is 107 Å². The molecule has 1 saturated heterocycles. The lowest BCUT2D eigenvalue weighted by molar-refractivity contribution is -0.0629. The Labute approximate surface area is 164 Å². The van der Waals surface area contributed by atoms with Crippen molar-refractivity contribution in [2.45, 2.75) is 69.9 Å². The highest BCUT2D eigenvalue weighted by Crippen LogP contribution is 2.68. The summed E-state index contributed by atoms with van der Waals surface area (Å²) in [6.45, 7) is 7.58. The van der Waals surface area contributed by atoms with Crippen LogP contribution < -0.4 is 0 Å². The lowest BCUT2D eigenvalue weighted by Gasteiger charge is -2.63. The van der Waals surface area contributed by atoms with Gasteiger partial charge in [-0.2, -0.15) is 0 Å². The smallest absolute Gasteiger partial charge is 0.115 e. The highest BCUT2D eigenvalue weighted by molar-refractivity contribution is 5.48. The SMILES string of the molecule is CC(C1CCC2(C)C3Cc4ccc(O)cc4C12CCN3CC1CC1)N(C)C. The van der Waals surface area contributed by atoms with E-state index in [4.69, 9.17) is 0 Å².